The van der Waals surface area contributed by atoms with Gasteiger partial charge in [0.15, 0.2) is 0 Å². The minimum atomic E-state index is -0.271. The lowest BCUT2D eigenvalue weighted by Gasteiger charge is -2.13. The Morgan fingerprint density at radius 1 is 1.08 bits per heavy atom. The predicted octanol–water partition coefficient (Wildman–Crippen LogP) is 3.54. The molecule has 3 rings (SSSR count). The Morgan fingerprint density at radius 2 is 1.77 bits per heavy atom. The summed E-state index contributed by atoms with van der Waals surface area (Å²) in [6.07, 6.45) is 0. The highest BCUT2D eigenvalue weighted by molar-refractivity contribution is 8.00. The molecule has 6 heteroatoms. The van der Waals surface area contributed by atoms with Crippen LogP contribution in [0.1, 0.15) is 6.92 Å². The molecule has 1 aromatic heterocycles. The smallest absolute Gasteiger partial charge is 0.233 e. The predicted molar refractivity (Wildman–Crippen MR) is 105 cm³/mol. The number of hydrogen-bond donors (Lipinski definition) is 1. The molecule has 0 aliphatic carbocycles. The van der Waals surface area contributed by atoms with Crippen LogP contribution in [0.25, 0.3) is 22.0 Å². The van der Waals surface area contributed by atoms with Crippen LogP contribution >= 0.6 is 11.8 Å². The topological polar surface area (TPSA) is 64.1 Å². The number of thioether (sulfide) groups is 1. The van der Waals surface area contributed by atoms with Gasteiger partial charge in [-0.05, 0) is 6.92 Å². The Hall–Kier alpha value is -2.44. The van der Waals surface area contributed by atoms with Crippen molar-refractivity contribution in [3.05, 3.63) is 54.6 Å². The van der Waals surface area contributed by atoms with Crippen molar-refractivity contribution < 1.29 is 9.53 Å². The van der Waals surface area contributed by atoms with Crippen LogP contribution in [-0.2, 0) is 9.53 Å². The maximum Gasteiger partial charge on any atom is 0.233 e. The van der Waals surface area contributed by atoms with Gasteiger partial charge in [-0.2, -0.15) is 0 Å². The van der Waals surface area contributed by atoms with Crippen LogP contribution in [0.4, 0.5) is 0 Å². The summed E-state index contributed by atoms with van der Waals surface area (Å²) < 4.78 is 4.96. The van der Waals surface area contributed by atoms with Crippen molar-refractivity contribution in [2.24, 2.45) is 0 Å². The number of amides is 1. The monoisotopic (exact) mass is 367 g/mol. The summed E-state index contributed by atoms with van der Waals surface area (Å²) in [6, 6.07) is 18.0. The second-order valence-corrected chi connectivity index (χ2v) is 7.14. The first-order valence-electron chi connectivity index (χ1n) is 8.45. The van der Waals surface area contributed by atoms with Gasteiger partial charge in [-0.1, -0.05) is 66.4 Å². The Kier molecular flexibility index (Phi) is 6.20. The van der Waals surface area contributed by atoms with E-state index in [-0.39, 0.29) is 11.2 Å². The van der Waals surface area contributed by atoms with Gasteiger partial charge in [0.05, 0.1) is 11.9 Å². The number of nitrogens with zero attached hydrogens (tertiary/aromatic N) is 2. The lowest BCUT2D eigenvalue weighted by molar-refractivity contribution is -0.120. The van der Waals surface area contributed by atoms with E-state index >= 15 is 0 Å². The molecule has 0 saturated heterocycles. The Bertz CT molecular complexity index is 887. The third-order valence-electron chi connectivity index (χ3n) is 3.96. The van der Waals surface area contributed by atoms with E-state index in [2.05, 4.69) is 15.5 Å². The number of ether oxygens (including phenoxy) is 1. The molecule has 2 aromatic carbocycles. The average molecular weight is 367 g/mol. The van der Waals surface area contributed by atoms with Crippen LogP contribution < -0.4 is 5.32 Å². The zero-order valence-corrected chi connectivity index (χ0v) is 15.6. The molecule has 0 unspecified atom stereocenters. The van der Waals surface area contributed by atoms with Crippen LogP contribution in [0.15, 0.2) is 59.6 Å². The molecule has 0 bridgehead atoms. The number of benzene rings is 2. The summed E-state index contributed by atoms with van der Waals surface area (Å²) in [4.78, 5) is 12.2. The van der Waals surface area contributed by atoms with Crippen molar-refractivity contribution in [3.8, 4) is 11.3 Å². The third kappa shape index (κ3) is 4.20. The van der Waals surface area contributed by atoms with Crippen molar-refractivity contribution in [2.45, 2.75) is 17.2 Å². The maximum absolute atomic E-state index is 12.2. The van der Waals surface area contributed by atoms with Gasteiger partial charge < -0.3 is 10.1 Å². The second kappa shape index (κ2) is 8.78. The summed E-state index contributed by atoms with van der Waals surface area (Å²) in [7, 11) is 1.61. The molecule has 5 nitrogen and oxygen atoms in total. The van der Waals surface area contributed by atoms with Crippen LogP contribution in [0.5, 0.6) is 0 Å². The lowest BCUT2D eigenvalue weighted by atomic mass is 10.1. The van der Waals surface area contributed by atoms with Crippen molar-refractivity contribution in [1.29, 1.82) is 0 Å². The van der Waals surface area contributed by atoms with Gasteiger partial charge in [0, 0.05) is 30.0 Å². The van der Waals surface area contributed by atoms with E-state index in [1.54, 1.807) is 7.11 Å². The molecule has 0 aliphatic rings. The first kappa shape index (κ1) is 18.4. The summed E-state index contributed by atoms with van der Waals surface area (Å²) in [5.74, 6) is -0.0370. The molecule has 1 N–H and O–H groups in total. The molecule has 1 amide bonds. The van der Waals surface area contributed by atoms with Gasteiger partial charge in [0.2, 0.25) is 5.91 Å². The van der Waals surface area contributed by atoms with Crippen LogP contribution in [-0.4, -0.2) is 41.6 Å². The van der Waals surface area contributed by atoms with Crippen LogP contribution in [0.2, 0.25) is 0 Å². The highest BCUT2D eigenvalue weighted by Gasteiger charge is 2.18. The highest BCUT2D eigenvalue weighted by atomic mass is 32.2. The van der Waals surface area contributed by atoms with Gasteiger partial charge in [-0.15, -0.1) is 10.2 Å². The number of hydrogen-bond acceptors (Lipinski definition) is 5. The zero-order valence-electron chi connectivity index (χ0n) is 14.8. The fourth-order valence-electron chi connectivity index (χ4n) is 2.62. The van der Waals surface area contributed by atoms with Gasteiger partial charge in [0.1, 0.15) is 10.7 Å². The molecule has 1 heterocycles. The summed E-state index contributed by atoms with van der Waals surface area (Å²) >= 11 is 1.42. The zero-order chi connectivity index (χ0) is 18.4. The van der Waals surface area contributed by atoms with Crippen molar-refractivity contribution in [2.75, 3.05) is 20.3 Å². The van der Waals surface area contributed by atoms with Gasteiger partial charge in [-0.3, -0.25) is 4.79 Å². The molecule has 3 aromatic rings. The number of nitrogens with one attached hydrogen (secondary N) is 1. The quantitative estimate of drug-likeness (QED) is 0.511. The number of carbonyl (C=O) groups is 1. The molecule has 134 valence electrons. The molecular weight excluding hydrogens is 346 g/mol. The fraction of sp³-hybridized carbons (Fsp3) is 0.250. The largest absolute Gasteiger partial charge is 0.383 e. The van der Waals surface area contributed by atoms with Crippen LogP contribution in [0.3, 0.4) is 0 Å². The van der Waals surface area contributed by atoms with E-state index in [1.165, 1.54) is 11.8 Å². The van der Waals surface area contributed by atoms with Crippen molar-refractivity contribution >= 4 is 28.4 Å². The normalized spacial score (nSPS) is 12.1. The molecule has 0 aliphatic heterocycles. The van der Waals surface area contributed by atoms with E-state index in [0.717, 1.165) is 27.1 Å². The molecule has 0 spiro atoms. The maximum atomic E-state index is 12.2. The SMILES string of the molecule is COCCNC(=O)[C@@H](C)Sc1nnc(-c2ccccc2)c2ccccc12. The number of carbonyl (C=O) groups excluding carboxylic acids is 1. The van der Waals surface area contributed by atoms with Gasteiger partial charge >= 0.3 is 0 Å². The molecular formula is C20H21N3O2S. The first-order chi connectivity index (χ1) is 12.7. The molecule has 0 fully saturated rings. The molecule has 0 saturated carbocycles. The van der Waals surface area contributed by atoms with Crippen LogP contribution in [0, 0.1) is 0 Å². The Balaban J connectivity index is 1.88. The summed E-state index contributed by atoms with van der Waals surface area (Å²) in [6.45, 7) is 2.87. The van der Waals surface area contributed by atoms with E-state index in [1.807, 2.05) is 61.5 Å². The van der Waals surface area contributed by atoms with Gasteiger partial charge in [-0.25, -0.2) is 0 Å². The third-order valence-corrected chi connectivity index (χ3v) is 5.06. The molecule has 0 radical (unpaired) electrons. The van der Waals surface area contributed by atoms with E-state index in [4.69, 9.17) is 4.74 Å². The second-order valence-electron chi connectivity index (χ2n) is 5.81. The van der Waals surface area contributed by atoms with E-state index in [9.17, 15) is 4.79 Å². The number of fused-ring (bicyclic) bond motifs is 1. The lowest BCUT2D eigenvalue weighted by Crippen LogP contribution is -2.33. The number of methoxy groups -OCH3 is 1. The van der Waals surface area contributed by atoms with Crippen molar-refractivity contribution in [3.63, 3.8) is 0 Å². The van der Waals surface area contributed by atoms with E-state index in [0.29, 0.717) is 13.2 Å². The Morgan fingerprint density at radius 3 is 2.50 bits per heavy atom. The summed E-state index contributed by atoms with van der Waals surface area (Å²) in [5.41, 5.74) is 1.88. The molecule has 1 atom stereocenters. The standard InChI is InChI=1S/C20H21N3O2S/c1-14(19(24)21-12-13-25-2)26-20-17-11-7-6-10-16(17)18(22-23-20)15-8-4-3-5-9-15/h3-11,14H,12-13H2,1-2H3,(H,21,24)/t14-/m1/s1. The van der Waals surface area contributed by atoms with Crippen molar-refractivity contribution in [1.82, 2.24) is 15.5 Å². The van der Waals surface area contributed by atoms with E-state index < -0.39 is 0 Å². The number of rotatable bonds is 7. The summed E-state index contributed by atoms with van der Waals surface area (Å²) in [5, 5.41) is 14.2. The molecule has 26 heavy (non-hydrogen) atoms. The highest BCUT2D eigenvalue weighted by Crippen LogP contribution is 2.33. The fourth-order valence-corrected chi connectivity index (χ4v) is 3.53. The first-order valence-corrected chi connectivity index (χ1v) is 9.33. The average Bonchev–Trinajstić information content (AvgIpc) is 2.69. The van der Waals surface area contributed by atoms with Gasteiger partial charge in [0.25, 0.3) is 0 Å². The Labute approximate surface area is 157 Å². The number of aromatic nitrogens is 2. The minimum absolute atomic E-state index is 0.0370. The minimum Gasteiger partial charge on any atom is -0.383 e.